The zero-order valence-corrected chi connectivity index (χ0v) is 13.6. The van der Waals surface area contributed by atoms with Gasteiger partial charge in [-0.3, -0.25) is 0 Å². The van der Waals surface area contributed by atoms with E-state index >= 15 is 0 Å². The van der Waals surface area contributed by atoms with E-state index in [1.165, 1.54) is 40.7 Å². The maximum atomic E-state index is 3.52. The van der Waals surface area contributed by atoms with E-state index in [1.54, 1.807) is 0 Å². The Hall–Kier alpha value is -1.60. The van der Waals surface area contributed by atoms with Crippen molar-refractivity contribution < 1.29 is 0 Å². The van der Waals surface area contributed by atoms with E-state index in [0.29, 0.717) is 0 Å². The normalized spacial score (nSPS) is 10.8. The highest BCUT2D eigenvalue weighted by Crippen LogP contribution is 2.26. The molecule has 0 saturated carbocycles. The quantitative estimate of drug-likeness (QED) is 0.695. The zero-order chi connectivity index (χ0) is 15.1. The van der Waals surface area contributed by atoms with Crippen molar-refractivity contribution in [1.29, 1.82) is 0 Å². The van der Waals surface area contributed by atoms with Crippen LogP contribution in [0.15, 0.2) is 42.5 Å². The maximum Gasteiger partial charge on any atom is 0.0211 e. The predicted octanol–water partition coefficient (Wildman–Crippen LogP) is 5.11. The Morgan fingerprint density at radius 2 is 1.81 bits per heavy atom. The summed E-state index contributed by atoms with van der Waals surface area (Å²) >= 11 is 0. The molecule has 0 aliphatic carbocycles. The van der Waals surface area contributed by atoms with Gasteiger partial charge in [0.15, 0.2) is 0 Å². The average molecular weight is 281 g/mol. The van der Waals surface area contributed by atoms with Crippen LogP contribution < -0.4 is 5.32 Å². The minimum Gasteiger partial charge on any atom is -0.313 e. The molecule has 112 valence electrons. The molecule has 21 heavy (non-hydrogen) atoms. The summed E-state index contributed by atoms with van der Waals surface area (Å²) in [6.45, 7) is 8.63. The monoisotopic (exact) mass is 281 g/mol. The third-order valence-electron chi connectivity index (χ3n) is 3.78. The van der Waals surface area contributed by atoms with Gasteiger partial charge in [-0.1, -0.05) is 68.3 Å². The standard InChI is InChI=1S/C20H27N/c1-4-7-17-8-6-9-18(14-17)20-13-16(3)10-11-19(20)15-21-12-5-2/h6,8-11,13-14,21H,4-5,7,12,15H2,1-3H3. The van der Waals surface area contributed by atoms with Crippen molar-refractivity contribution >= 4 is 0 Å². The molecule has 0 spiro atoms. The summed E-state index contributed by atoms with van der Waals surface area (Å²) in [5, 5.41) is 3.52. The van der Waals surface area contributed by atoms with Gasteiger partial charge in [-0.2, -0.15) is 0 Å². The summed E-state index contributed by atoms with van der Waals surface area (Å²) in [6, 6.07) is 15.8. The summed E-state index contributed by atoms with van der Waals surface area (Å²) < 4.78 is 0. The van der Waals surface area contributed by atoms with E-state index in [1.807, 2.05) is 0 Å². The first-order valence-corrected chi connectivity index (χ1v) is 8.14. The first-order valence-electron chi connectivity index (χ1n) is 8.14. The van der Waals surface area contributed by atoms with E-state index in [-0.39, 0.29) is 0 Å². The van der Waals surface area contributed by atoms with E-state index in [2.05, 4.69) is 68.6 Å². The number of benzene rings is 2. The summed E-state index contributed by atoms with van der Waals surface area (Å²) in [4.78, 5) is 0. The molecule has 0 radical (unpaired) electrons. The molecule has 0 aliphatic heterocycles. The lowest BCUT2D eigenvalue weighted by molar-refractivity contribution is 0.676. The molecule has 2 rings (SSSR count). The molecule has 1 N–H and O–H groups in total. The molecule has 0 aromatic heterocycles. The summed E-state index contributed by atoms with van der Waals surface area (Å²) in [5.41, 5.74) is 6.87. The Labute approximate surface area is 129 Å². The molecule has 0 amide bonds. The van der Waals surface area contributed by atoms with Crippen LogP contribution in [0, 0.1) is 6.92 Å². The van der Waals surface area contributed by atoms with Crippen molar-refractivity contribution in [3.05, 3.63) is 59.2 Å². The molecule has 0 fully saturated rings. The van der Waals surface area contributed by atoms with Gasteiger partial charge in [0.2, 0.25) is 0 Å². The first-order chi connectivity index (χ1) is 10.2. The number of nitrogens with one attached hydrogen (secondary N) is 1. The number of hydrogen-bond acceptors (Lipinski definition) is 1. The van der Waals surface area contributed by atoms with Gasteiger partial charge in [-0.25, -0.2) is 0 Å². The third-order valence-corrected chi connectivity index (χ3v) is 3.78. The Balaban J connectivity index is 2.32. The van der Waals surface area contributed by atoms with Gasteiger partial charge >= 0.3 is 0 Å². The first kappa shape index (κ1) is 15.8. The van der Waals surface area contributed by atoms with Crippen molar-refractivity contribution in [2.45, 2.75) is 46.6 Å². The molecule has 0 heterocycles. The van der Waals surface area contributed by atoms with Gasteiger partial charge in [0.25, 0.3) is 0 Å². The maximum absolute atomic E-state index is 3.52. The van der Waals surface area contributed by atoms with Crippen LogP contribution in [0.3, 0.4) is 0 Å². The lowest BCUT2D eigenvalue weighted by Crippen LogP contribution is -2.14. The van der Waals surface area contributed by atoms with Gasteiger partial charge in [-0.15, -0.1) is 0 Å². The van der Waals surface area contributed by atoms with E-state index < -0.39 is 0 Å². The van der Waals surface area contributed by atoms with Crippen LogP contribution in [0.5, 0.6) is 0 Å². The van der Waals surface area contributed by atoms with Crippen LogP contribution in [-0.4, -0.2) is 6.54 Å². The fourth-order valence-electron chi connectivity index (χ4n) is 2.70. The highest BCUT2D eigenvalue weighted by molar-refractivity contribution is 5.68. The molecule has 2 aromatic rings. The highest BCUT2D eigenvalue weighted by atomic mass is 14.8. The predicted molar refractivity (Wildman–Crippen MR) is 92.6 cm³/mol. The minimum absolute atomic E-state index is 0.946. The molecule has 2 aromatic carbocycles. The van der Waals surface area contributed by atoms with Crippen LogP contribution in [0.4, 0.5) is 0 Å². The van der Waals surface area contributed by atoms with Gasteiger partial charge in [0.1, 0.15) is 0 Å². The molecule has 0 aliphatic rings. The number of aryl methyl sites for hydroxylation is 2. The summed E-state index contributed by atoms with van der Waals surface area (Å²) in [6.07, 6.45) is 3.53. The molecular weight excluding hydrogens is 254 g/mol. The van der Waals surface area contributed by atoms with Crippen molar-refractivity contribution in [1.82, 2.24) is 5.32 Å². The second-order valence-corrected chi connectivity index (χ2v) is 5.79. The van der Waals surface area contributed by atoms with Crippen LogP contribution in [-0.2, 0) is 13.0 Å². The van der Waals surface area contributed by atoms with Gasteiger partial charge in [0.05, 0.1) is 0 Å². The van der Waals surface area contributed by atoms with E-state index in [9.17, 15) is 0 Å². The smallest absolute Gasteiger partial charge is 0.0211 e. The van der Waals surface area contributed by atoms with Crippen LogP contribution in [0.2, 0.25) is 0 Å². The molecular formula is C20H27N. The minimum atomic E-state index is 0.946. The molecule has 0 saturated heterocycles. The van der Waals surface area contributed by atoms with Crippen LogP contribution in [0.1, 0.15) is 43.4 Å². The van der Waals surface area contributed by atoms with Gasteiger partial charge in [0, 0.05) is 6.54 Å². The Morgan fingerprint density at radius 1 is 0.952 bits per heavy atom. The molecule has 1 heteroatoms. The fraction of sp³-hybridized carbons (Fsp3) is 0.400. The van der Waals surface area contributed by atoms with Crippen molar-refractivity contribution in [3.8, 4) is 11.1 Å². The largest absolute Gasteiger partial charge is 0.313 e. The fourth-order valence-corrected chi connectivity index (χ4v) is 2.70. The van der Waals surface area contributed by atoms with Gasteiger partial charge in [-0.05, 0) is 48.6 Å². The number of hydrogen-bond donors (Lipinski definition) is 1. The van der Waals surface area contributed by atoms with E-state index in [0.717, 1.165) is 19.5 Å². The molecule has 0 atom stereocenters. The van der Waals surface area contributed by atoms with Crippen LogP contribution >= 0.6 is 0 Å². The molecule has 0 bridgehead atoms. The van der Waals surface area contributed by atoms with E-state index in [4.69, 9.17) is 0 Å². The SMILES string of the molecule is CCCNCc1ccc(C)cc1-c1cccc(CCC)c1. The second-order valence-electron chi connectivity index (χ2n) is 5.79. The topological polar surface area (TPSA) is 12.0 Å². The summed E-state index contributed by atoms with van der Waals surface area (Å²) in [5.74, 6) is 0. The van der Waals surface area contributed by atoms with Crippen molar-refractivity contribution in [3.63, 3.8) is 0 Å². The van der Waals surface area contributed by atoms with Crippen LogP contribution in [0.25, 0.3) is 11.1 Å². The Bertz CT molecular complexity index is 572. The van der Waals surface area contributed by atoms with Crippen molar-refractivity contribution in [2.75, 3.05) is 6.54 Å². The molecule has 1 nitrogen and oxygen atoms in total. The lowest BCUT2D eigenvalue weighted by atomic mass is 9.95. The second kappa shape index (κ2) is 7.99. The Morgan fingerprint density at radius 3 is 2.57 bits per heavy atom. The average Bonchev–Trinajstić information content (AvgIpc) is 2.49. The third kappa shape index (κ3) is 4.44. The molecule has 0 unspecified atom stereocenters. The highest BCUT2D eigenvalue weighted by Gasteiger charge is 2.06. The number of rotatable bonds is 7. The van der Waals surface area contributed by atoms with Gasteiger partial charge < -0.3 is 5.32 Å². The van der Waals surface area contributed by atoms with Crippen molar-refractivity contribution in [2.24, 2.45) is 0 Å². The zero-order valence-electron chi connectivity index (χ0n) is 13.6. The Kier molecular flexibility index (Phi) is 6.01. The summed E-state index contributed by atoms with van der Waals surface area (Å²) in [7, 11) is 0. The lowest BCUT2D eigenvalue weighted by Gasteiger charge is -2.13.